The fourth-order valence-corrected chi connectivity index (χ4v) is 4.12. The second-order valence-electron chi connectivity index (χ2n) is 5.09. The number of nitro groups is 1. The molecular weight excluding hydrogens is 418 g/mol. The number of nitrogens with one attached hydrogen (secondary N) is 2. The van der Waals surface area contributed by atoms with Crippen molar-refractivity contribution in [2.75, 3.05) is 29.2 Å². The zero-order valence-corrected chi connectivity index (χ0v) is 16.6. The summed E-state index contributed by atoms with van der Waals surface area (Å²) in [6, 6.07) is 4.59. The number of nitrogens with zero attached hydrogens (tertiary/aromatic N) is 3. The van der Waals surface area contributed by atoms with Gasteiger partial charge in [-0.1, -0.05) is 17.4 Å². The van der Waals surface area contributed by atoms with Crippen molar-refractivity contribution in [3.63, 3.8) is 0 Å². The Labute approximate surface area is 162 Å². The van der Waals surface area contributed by atoms with Gasteiger partial charge in [-0.3, -0.25) is 24.9 Å². The summed E-state index contributed by atoms with van der Waals surface area (Å²) in [6.45, 7) is 0. The molecule has 1 heterocycles. The van der Waals surface area contributed by atoms with Gasteiger partial charge in [0.25, 0.3) is 0 Å². The lowest BCUT2D eigenvalue weighted by molar-refractivity contribution is -0.385. The van der Waals surface area contributed by atoms with Crippen molar-refractivity contribution in [1.29, 1.82) is 0 Å². The van der Waals surface area contributed by atoms with E-state index in [1.54, 1.807) is 6.07 Å². The molecule has 0 atom stereocenters. The summed E-state index contributed by atoms with van der Waals surface area (Å²) in [5, 5.41) is 21.0. The van der Waals surface area contributed by atoms with E-state index in [1.807, 2.05) is 0 Å². The van der Waals surface area contributed by atoms with E-state index in [1.165, 1.54) is 31.0 Å². The third-order valence-corrected chi connectivity index (χ3v) is 5.34. The number of nitro benzene ring substituents is 1. The first-order valence-corrected chi connectivity index (χ1v) is 11.0. The van der Waals surface area contributed by atoms with Gasteiger partial charge in [-0.15, -0.1) is 22.0 Å². The Balaban J connectivity index is 1.86. The van der Waals surface area contributed by atoms with E-state index in [9.17, 15) is 23.3 Å². The van der Waals surface area contributed by atoms with Crippen LogP contribution in [0.15, 0.2) is 18.2 Å². The van der Waals surface area contributed by atoms with Gasteiger partial charge in [0.2, 0.25) is 26.2 Å². The average molecular weight is 433 g/mol. The van der Waals surface area contributed by atoms with E-state index >= 15 is 0 Å². The topological polar surface area (TPSA) is 153 Å². The second-order valence-corrected chi connectivity index (χ2v) is 8.80. The molecule has 1 aromatic carbocycles. The van der Waals surface area contributed by atoms with Gasteiger partial charge in [-0.2, -0.15) is 0 Å². The van der Waals surface area contributed by atoms with Gasteiger partial charge in [0.05, 0.1) is 24.0 Å². The second kappa shape index (κ2) is 8.96. The fraction of sp³-hybridized carbons (Fsp3) is 0.308. The van der Waals surface area contributed by atoms with Crippen LogP contribution in [0.1, 0.15) is 5.56 Å². The standard InChI is InChI=1S/C13H15N5O6S3/c1-24-10-4-3-8(5-9(10)18(20)21)6-25-7-11(19)14-12-15-16-13(26-12)17-27(2,22)23/h3-5H,6-7H2,1-2H3,(H,16,17)(H,14,15,19). The van der Waals surface area contributed by atoms with Crippen LogP contribution in [0.3, 0.4) is 0 Å². The average Bonchev–Trinajstić information content (AvgIpc) is 2.99. The van der Waals surface area contributed by atoms with Gasteiger partial charge in [0.15, 0.2) is 5.75 Å². The van der Waals surface area contributed by atoms with Crippen molar-refractivity contribution in [2.24, 2.45) is 0 Å². The number of hydrogen-bond donors (Lipinski definition) is 2. The molecule has 0 unspecified atom stereocenters. The zero-order chi connectivity index (χ0) is 20.0. The number of thioether (sulfide) groups is 1. The fourth-order valence-electron chi connectivity index (χ4n) is 1.86. The maximum Gasteiger partial charge on any atom is 0.311 e. The first kappa shape index (κ1) is 20.9. The summed E-state index contributed by atoms with van der Waals surface area (Å²) in [4.78, 5) is 22.4. The minimum Gasteiger partial charge on any atom is -0.490 e. The van der Waals surface area contributed by atoms with E-state index in [0.29, 0.717) is 11.3 Å². The number of ether oxygens (including phenoxy) is 1. The van der Waals surface area contributed by atoms with Crippen LogP contribution in [0.2, 0.25) is 0 Å². The summed E-state index contributed by atoms with van der Waals surface area (Å²) in [6.07, 6.45) is 0.979. The minimum absolute atomic E-state index is 0.0472. The molecule has 0 aliphatic rings. The van der Waals surface area contributed by atoms with Crippen LogP contribution in [0.25, 0.3) is 0 Å². The number of rotatable bonds is 9. The first-order valence-electron chi connectivity index (χ1n) is 7.18. The SMILES string of the molecule is COc1ccc(CSCC(=O)Nc2nnc(NS(C)(=O)=O)s2)cc1[N+](=O)[O-]. The van der Waals surface area contributed by atoms with E-state index in [-0.39, 0.29) is 33.4 Å². The van der Waals surface area contributed by atoms with Crippen molar-refractivity contribution >= 4 is 55.0 Å². The number of aromatic nitrogens is 2. The molecule has 27 heavy (non-hydrogen) atoms. The molecule has 2 rings (SSSR count). The van der Waals surface area contributed by atoms with E-state index in [2.05, 4.69) is 20.2 Å². The predicted octanol–water partition coefficient (Wildman–Crippen LogP) is 1.70. The van der Waals surface area contributed by atoms with Crippen LogP contribution in [0.4, 0.5) is 16.0 Å². The van der Waals surface area contributed by atoms with Crippen molar-refractivity contribution in [3.05, 3.63) is 33.9 Å². The third-order valence-electron chi connectivity index (χ3n) is 2.89. The van der Waals surface area contributed by atoms with Gasteiger partial charge in [-0.25, -0.2) is 8.42 Å². The third kappa shape index (κ3) is 6.65. The molecule has 0 spiro atoms. The van der Waals surface area contributed by atoms with Crippen LogP contribution in [0, 0.1) is 10.1 Å². The molecule has 0 saturated heterocycles. The number of benzene rings is 1. The number of carbonyl (C=O) groups excluding carboxylic acids is 1. The number of methoxy groups -OCH3 is 1. The van der Waals surface area contributed by atoms with Gasteiger partial charge >= 0.3 is 5.69 Å². The lowest BCUT2D eigenvalue weighted by atomic mass is 10.2. The summed E-state index contributed by atoms with van der Waals surface area (Å²) in [5.41, 5.74) is 0.538. The highest BCUT2D eigenvalue weighted by molar-refractivity contribution is 7.99. The Kier molecular flexibility index (Phi) is 6.92. The Morgan fingerprint density at radius 3 is 2.70 bits per heavy atom. The molecule has 0 aliphatic carbocycles. The summed E-state index contributed by atoms with van der Waals surface area (Å²) < 4.78 is 29.3. The zero-order valence-electron chi connectivity index (χ0n) is 14.2. The highest BCUT2D eigenvalue weighted by atomic mass is 32.2. The summed E-state index contributed by atoms with van der Waals surface area (Å²) in [5.74, 6) is 0.273. The van der Waals surface area contributed by atoms with Gasteiger partial charge in [0, 0.05) is 11.8 Å². The van der Waals surface area contributed by atoms with Crippen molar-refractivity contribution in [2.45, 2.75) is 5.75 Å². The monoisotopic (exact) mass is 433 g/mol. The molecule has 0 aliphatic heterocycles. The highest BCUT2D eigenvalue weighted by Gasteiger charge is 2.15. The quantitative estimate of drug-likeness (QED) is 0.444. The Bertz CT molecular complexity index is 946. The van der Waals surface area contributed by atoms with E-state index in [0.717, 1.165) is 17.6 Å². The molecule has 146 valence electrons. The Morgan fingerprint density at radius 1 is 1.37 bits per heavy atom. The van der Waals surface area contributed by atoms with E-state index < -0.39 is 14.9 Å². The molecule has 2 aromatic rings. The molecule has 11 nitrogen and oxygen atoms in total. The Hall–Kier alpha value is -2.45. The van der Waals surface area contributed by atoms with Crippen LogP contribution in [0.5, 0.6) is 5.75 Å². The highest BCUT2D eigenvalue weighted by Crippen LogP contribution is 2.29. The molecule has 0 bridgehead atoms. The summed E-state index contributed by atoms with van der Waals surface area (Å²) in [7, 11) is -2.12. The molecule has 1 amide bonds. The molecule has 2 N–H and O–H groups in total. The van der Waals surface area contributed by atoms with Crippen LogP contribution in [-0.4, -0.2) is 48.6 Å². The molecule has 14 heteroatoms. The lowest BCUT2D eigenvalue weighted by Gasteiger charge is -2.05. The lowest BCUT2D eigenvalue weighted by Crippen LogP contribution is -2.14. The van der Waals surface area contributed by atoms with E-state index in [4.69, 9.17) is 4.74 Å². The summed E-state index contributed by atoms with van der Waals surface area (Å²) >= 11 is 2.14. The molecule has 1 aromatic heterocycles. The Morgan fingerprint density at radius 2 is 2.07 bits per heavy atom. The van der Waals surface area contributed by atoms with Crippen LogP contribution >= 0.6 is 23.1 Å². The largest absolute Gasteiger partial charge is 0.490 e. The first-order chi connectivity index (χ1) is 12.7. The number of sulfonamides is 1. The van der Waals surface area contributed by atoms with Gasteiger partial charge in [-0.05, 0) is 11.6 Å². The molecule has 0 radical (unpaired) electrons. The van der Waals surface area contributed by atoms with Gasteiger partial charge < -0.3 is 4.74 Å². The molecular formula is C13H15N5O6S3. The molecule has 0 saturated carbocycles. The predicted molar refractivity (Wildman–Crippen MR) is 103 cm³/mol. The van der Waals surface area contributed by atoms with Gasteiger partial charge in [0.1, 0.15) is 0 Å². The van der Waals surface area contributed by atoms with Crippen molar-refractivity contribution < 1.29 is 22.9 Å². The number of amides is 1. The number of anilines is 2. The molecule has 0 fully saturated rings. The normalized spacial score (nSPS) is 11.0. The van der Waals surface area contributed by atoms with Crippen molar-refractivity contribution in [1.82, 2.24) is 10.2 Å². The minimum atomic E-state index is -3.47. The van der Waals surface area contributed by atoms with Crippen LogP contribution in [-0.2, 0) is 20.6 Å². The number of hydrogen-bond acceptors (Lipinski definition) is 10. The van der Waals surface area contributed by atoms with Crippen molar-refractivity contribution in [3.8, 4) is 5.75 Å². The maximum atomic E-state index is 11.9. The maximum absolute atomic E-state index is 11.9. The van der Waals surface area contributed by atoms with Crippen LogP contribution < -0.4 is 14.8 Å². The smallest absolute Gasteiger partial charge is 0.311 e. The number of carbonyl (C=O) groups is 1.